The summed E-state index contributed by atoms with van der Waals surface area (Å²) in [6.07, 6.45) is 0. The summed E-state index contributed by atoms with van der Waals surface area (Å²) in [5.41, 5.74) is 1.01. The molecule has 0 bridgehead atoms. The molecule has 2 N–H and O–H groups in total. The van der Waals surface area contributed by atoms with Gasteiger partial charge in [-0.05, 0) is 13.8 Å². The van der Waals surface area contributed by atoms with E-state index in [0.717, 1.165) is 0 Å². The average Bonchev–Trinajstić information content (AvgIpc) is 2.04. The van der Waals surface area contributed by atoms with Crippen LogP contribution in [0, 0.1) is 13.8 Å². The quantitative estimate of drug-likeness (QED) is 0.800. The van der Waals surface area contributed by atoms with Crippen LogP contribution < -0.4 is 9.32 Å². The first-order valence-electron chi connectivity index (χ1n) is 3.53. The van der Waals surface area contributed by atoms with E-state index in [1.807, 2.05) is 0 Å². The van der Waals surface area contributed by atoms with E-state index in [4.69, 9.17) is 16.7 Å². The molecule has 0 radical (unpaired) electrons. The number of aromatic nitrogens is 2. The summed E-state index contributed by atoms with van der Waals surface area (Å²) in [4.78, 5) is 0. The number of halogens is 1. The number of rotatable bonds is 2. The largest absolute Gasteiger partial charge is 0.380 e. The molecule has 0 fully saturated rings. The second kappa shape index (κ2) is 3.68. The molecule has 0 unspecified atom stereocenters. The topological polar surface area (TPSA) is 95.2 Å². The Morgan fingerprint density at radius 3 is 2.43 bits per heavy atom. The van der Waals surface area contributed by atoms with Gasteiger partial charge in [-0.15, -0.1) is 5.10 Å². The van der Waals surface area contributed by atoms with Crippen molar-refractivity contribution in [3.63, 3.8) is 0 Å². The standard InChI is InChI=1S/C6H8ClN3O3S/c1-3-4(2)9-10-6(7)5(3)13-14(8,11)12/h1-2H3,(H2,8,11,12). The fourth-order valence-electron chi connectivity index (χ4n) is 0.771. The Labute approximate surface area is 86.3 Å². The molecule has 0 aliphatic heterocycles. The van der Waals surface area contributed by atoms with E-state index in [0.29, 0.717) is 11.3 Å². The Morgan fingerprint density at radius 2 is 1.93 bits per heavy atom. The zero-order chi connectivity index (χ0) is 10.9. The minimum Gasteiger partial charge on any atom is -0.367 e. The maximum absolute atomic E-state index is 10.7. The lowest BCUT2D eigenvalue weighted by molar-refractivity contribution is 0.483. The van der Waals surface area contributed by atoms with Gasteiger partial charge >= 0.3 is 10.3 Å². The van der Waals surface area contributed by atoms with E-state index in [2.05, 4.69) is 14.4 Å². The highest BCUT2D eigenvalue weighted by Crippen LogP contribution is 2.27. The van der Waals surface area contributed by atoms with Crippen LogP contribution in [-0.4, -0.2) is 18.6 Å². The van der Waals surface area contributed by atoms with Crippen LogP contribution in [0.4, 0.5) is 0 Å². The first kappa shape index (κ1) is 11.2. The molecule has 1 heterocycles. The molecule has 0 aliphatic rings. The minimum atomic E-state index is -4.09. The monoisotopic (exact) mass is 237 g/mol. The Kier molecular flexibility index (Phi) is 2.93. The van der Waals surface area contributed by atoms with Crippen LogP contribution in [0.15, 0.2) is 0 Å². The van der Waals surface area contributed by atoms with Gasteiger partial charge < -0.3 is 4.18 Å². The molecule has 0 aromatic carbocycles. The lowest BCUT2D eigenvalue weighted by atomic mass is 10.2. The summed E-state index contributed by atoms with van der Waals surface area (Å²) in [5.74, 6) is -0.0818. The van der Waals surface area contributed by atoms with Crippen molar-refractivity contribution in [1.82, 2.24) is 10.2 Å². The zero-order valence-corrected chi connectivity index (χ0v) is 9.06. The van der Waals surface area contributed by atoms with Gasteiger partial charge in [0.05, 0.1) is 5.69 Å². The van der Waals surface area contributed by atoms with Crippen molar-refractivity contribution in [3.05, 3.63) is 16.4 Å². The van der Waals surface area contributed by atoms with Crippen molar-refractivity contribution in [2.24, 2.45) is 5.14 Å². The second-order valence-corrected chi connectivity index (χ2v) is 4.12. The van der Waals surface area contributed by atoms with Gasteiger partial charge in [-0.25, -0.2) is 0 Å². The molecule has 1 rings (SSSR count). The Bertz CT molecular complexity index is 460. The average molecular weight is 238 g/mol. The van der Waals surface area contributed by atoms with E-state index < -0.39 is 10.3 Å². The lowest BCUT2D eigenvalue weighted by Gasteiger charge is -2.07. The summed E-state index contributed by atoms with van der Waals surface area (Å²) >= 11 is 5.59. The molecule has 0 spiro atoms. The number of nitrogens with zero attached hydrogens (tertiary/aromatic N) is 2. The molecule has 6 nitrogen and oxygen atoms in total. The summed E-state index contributed by atoms with van der Waals surface area (Å²) < 4.78 is 25.8. The Hall–Kier alpha value is -0.920. The van der Waals surface area contributed by atoms with E-state index in [1.165, 1.54) is 0 Å². The third-order valence-corrected chi connectivity index (χ3v) is 2.20. The predicted octanol–water partition coefficient (Wildman–Crippen LogP) is 0.329. The van der Waals surface area contributed by atoms with E-state index >= 15 is 0 Å². The van der Waals surface area contributed by atoms with Crippen LogP contribution in [0.3, 0.4) is 0 Å². The van der Waals surface area contributed by atoms with Crippen LogP contribution in [0.1, 0.15) is 11.3 Å². The van der Waals surface area contributed by atoms with Crippen molar-refractivity contribution < 1.29 is 12.6 Å². The van der Waals surface area contributed by atoms with Gasteiger partial charge in [-0.1, -0.05) is 11.6 Å². The van der Waals surface area contributed by atoms with Crippen molar-refractivity contribution in [3.8, 4) is 5.75 Å². The highest BCUT2D eigenvalue weighted by molar-refractivity contribution is 7.84. The van der Waals surface area contributed by atoms with Gasteiger partial charge in [0, 0.05) is 5.56 Å². The first-order chi connectivity index (χ1) is 6.31. The van der Waals surface area contributed by atoms with Crippen molar-refractivity contribution in [2.75, 3.05) is 0 Å². The van der Waals surface area contributed by atoms with Crippen LogP contribution in [-0.2, 0) is 10.3 Å². The summed E-state index contributed by atoms with van der Waals surface area (Å²) in [5, 5.41) is 11.7. The summed E-state index contributed by atoms with van der Waals surface area (Å²) in [6.45, 7) is 3.26. The molecule has 0 saturated heterocycles. The fourth-order valence-corrected chi connectivity index (χ4v) is 1.47. The summed E-state index contributed by atoms with van der Waals surface area (Å²) in [6, 6.07) is 0. The third-order valence-electron chi connectivity index (χ3n) is 1.56. The van der Waals surface area contributed by atoms with Crippen LogP contribution in [0.2, 0.25) is 5.15 Å². The number of hydrogen-bond acceptors (Lipinski definition) is 5. The molecule has 1 aromatic rings. The normalized spacial score (nSPS) is 11.4. The molecule has 0 amide bonds. The van der Waals surface area contributed by atoms with Crippen LogP contribution in [0.5, 0.6) is 5.75 Å². The second-order valence-electron chi connectivity index (χ2n) is 2.61. The van der Waals surface area contributed by atoms with E-state index in [9.17, 15) is 8.42 Å². The fraction of sp³-hybridized carbons (Fsp3) is 0.333. The van der Waals surface area contributed by atoms with Gasteiger partial charge in [0.25, 0.3) is 0 Å². The predicted molar refractivity (Wildman–Crippen MR) is 50.3 cm³/mol. The zero-order valence-electron chi connectivity index (χ0n) is 7.48. The van der Waals surface area contributed by atoms with E-state index in [-0.39, 0.29) is 10.9 Å². The van der Waals surface area contributed by atoms with E-state index in [1.54, 1.807) is 13.8 Å². The molecular formula is C6H8ClN3O3S. The third kappa shape index (κ3) is 2.53. The Balaban J connectivity index is 3.27. The van der Waals surface area contributed by atoms with Crippen molar-refractivity contribution >= 4 is 21.9 Å². The van der Waals surface area contributed by atoms with Crippen LogP contribution >= 0.6 is 11.6 Å². The SMILES string of the molecule is Cc1nnc(Cl)c(OS(N)(=O)=O)c1C. The van der Waals surface area contributed by atoms with Gasteiger partial charge in [-0.3, -0.25) is 0 Å². The molecule has 78 valence electrons. The highest BCUT2D eigenvalue weighted by Gasteiger charge is 2.15. The number of aryl methyl sites for hydroxylation is 1. The smallest absolute Gasteiger partial charge is 0.367 e. The minimum absolute atomic E-state index is 0.0818. The molecule has 14 heavy (non-hydrogen) atoms. The molecule has 1 aromatic heterocycles. The maximum Gasteiger partial charge on any atom is 0.380 e. The lowest BCUT2D eigenvalue weighted by Crippen LogP contribution is -2.20. The van der Waals surface area contributed by atoms with Crippen molar-refractivity contribution in [2.45, 2.75) is 13.8 Å². The maximum atomic E-state index is 10.7. The van der Waals surface area contributed by atoms with Crippen molar-refractivity contribution in [1.29, 1.82) is 0 Å². The first-order valence-corrected chi connectivity index (χ1v) is 5.38. The molecule has 0 atom stereocenters. The van der Waals surface area contributed by atoms with Gasteiger partial charge in [0.15, 0.2) is 10.9 Å². The van der Waals surface area contributed by atoms with Gasteiger partial charge in [0.2, 0.25) is 0 Å². The van der Waals surface area contributed by atoms with Gasteiger partial charge in [0.1, 0.15) is 0 Å². The molecular weight excluding hydrogens is 230 g/mol. The highest BCUT2D eigenvalue weighted by atomic mass is 35.5. The summed E-state index contributed by atoms with van der Waals surface area (Å²) in [7, 11) is -4.09. The molecule has 0 aliphatic carbocycles. The number of hydrogen-bond donors (Lipinski definition) is 1. The van der Waals surface area contributed by atoms with Gasteiger partial charge in [-0.2, -0.15) is 18.7 Å². The molecule has 8 heteroatoms. The Morgan fingerprint density at radius 1 is 1.36 bits per heavy atom. The molecule has 0 saturated carbocycles. The van der Waals surface area contributed by atoms with Crippen LogP contribution in [0.25, 0.3) is 0 Å². The number of nitrogens with two attached hydrogens (primary N) is 1.